The van der Waals surface area contributed by atoms with Gasteiger partial charge in [-0.3, -0.25) is 5.32 Å². The van der Waals surface area contributed by atoms with Crippen LogP contribution in [0.5, 0.6) is 0 Å². The van der Waals surface area contributed by atoms with Crippen molar-refractivity contribution in [2.24, 2.45) is 0 Å². The molecule has 1 aromatic carbocycles. The predicted octanol–water partition coefficient (Wildman–Crippen LogP) is 3.74. The Bertz CT molecular complexity index is 438. The number of benzene rings is 1. The van der Waals surface area contributed by atoms with E-state index >= 15 is 0 Å². The van der Waals surface area contributed by atoms with Gasteiger partial charge in [-0.1, -0.05) is 17.7 Å². The van der Waals surface area contributed by atoms with Crippen molar-refractivity contribution >= 4 is 23.4 Å². The molecule has 0 radical (unpaired) electrons. The number of hydrogen-bond acceptors (Lipinski definition) is 3. The van der Waals surface area contributed by atoms with Crippen LogP contribution in [0.2, 0.25) is 5.02 Å². The Morgan fingerprint density at radius 1 is 1.44 bits per heavy atom. The monoisotopic (exact) mass is 271 g/mol. The third-order valence-corrected chi connectivity index (χ3v) is 2.42. The van der Waals surface area contributed by atoms with Gasteiger partial charge >= 0.3 is 6.09 Å². The third kappa shape index (κ3) is 4.55. The molecule has 0 unspecified atom stereocenters. The number of halogens is 1. The van der Waals surface area contributed by atoms with Crippen molar-refractivity contribution in [3.8, 4) is 0 Å². The zero-order chi connectivity index (χ0) is 13.9. The highest BCUT2D eigenvalue weighted by molar-refractivity contribution is 6.33. The molecule has 5 heteroatoms. The van der Waals surface area contributed by atoms with E-state index in [0.717, 1.165) is 0 Å². The van der Waals surface area contributed by atoms with Gasteiger partial charge in [0.15, 0.2) is 0 Å². The second-order valence-electron chi connectivity index (χ2n) is 5.04. The number of hydrogen-bond donors (Lipinski definition) is 2. The van der Waals surface area contributed by atoms with E-state index in [1.165, 1.54) is 0 Å². The summed E-state index contributed by atoms with van der Waals surface area (Å²) in [5.74, 6) is 0. The Morgan fingerprint density at radius 2 is 2.06 bits per heavy atom. The molecule has 1 rings (SSSR count). The Kier molecular flexibility index (Phi) is 4.59. The van der Waals surface area contributed by atoms with Crippen molar-refractivity contribution in [2.45, 2.75) is 39.4 Å². The standard InChI is InChI=1S/C13H18ClNO3/c1-8(16)9-5-6-11(10(14)7-9)15-12(17)18-13(2,3)4/h5-8,16H,1-4H3,(H,15,17)/t8-/m0/s1. The van der Waals surface area contributed by atoms with Gasteiger partial charge in [0.2, 0.25) is 0 Å². The van der Waals surface area contributed by atoms with E-state index < -0.39 is 17.8 Å². The smallest absolute Gasteiger partial charge is 0.412 e. The van der Waals surface area contributed by atoms with Gasteiger partial charge in [-0.15, -0.1) is 0 Å². The lowest BCUT2D eigenvalue weighted by Gasteiger charge is -2.20. The van der Waals surface area contributed by atoms with E-state index in [9.17, 15) is 9.90 Å². The second-order valence-corrected chi connectivity index (χ2v) is 5.45. The summed E-state index contributed by atoms with van der Waals surface area (Å²) in [4.78, 5) is 11.6. The molecule has 0 aliphatic heterocycles. The van der Waals surface area contributed by atoms with E-state index in [-0.39, 0.29) is 0 Å². The number of nitrogens with one attached hydrogen (secondary N) is 1. The maximum atomic E-state index is 11.6. The molecule has 100 valence electrons. The molecule has 0 heterocycles. The van der Waals surface area contributed by atoms with Gasteiger partial charge in [0, 0.05) is 0 Å². The number of rotatable bonds is 2. The first kappa shape index (κ1) is 14.8. The van der Waals surface area contributed by atoms with Crippen molar-refractivity contribution in [1.29, 1.82) is 0 Å². The predicted molar refractivity (Wildman–Crippen MR) is 71.9 cm³/mol. The number of amides is 1. The van der Waals surface area contributed by atoms with Crippen LogP contribution in [0.25, 0.3) is 0 Å². The highest BCUT2D eigenvalue weighted by atomic mass is 35.5. The summed E-state index contributed by atoms with van der Waals surface area (Å²) in [6.07, 6.45) is -1.16. The summed E-state index contributed by atoms with van der Waals surface area (Å²) < 4.78 is 5.12. The van der Waals surface area contributed by atoms with E-state index in [4.69, 9.17) is 16.3 Å². The van der Waals surface area contributed by atoms with Crippen molar-refractivity contribution < 1.29 is 14.6 Å². The molecule has 2 N–H and O–H groups in total. The average Bonchev–Trinajstić information content (AvgIpc) is 2.17. The topological polar surface area (TPSA) is 58.6 Å². The zero-order valence-electron chi connectivity index (χ0n) is 11.0. The molecule has 18 heavy (non-hydrogen) atoms. The summed E-state index contributed by atoms with van der Waals surface area (Å²) >= 11 is 6.01. The highest BCUT2D eigenvalue weighted by Gasteiger charge is 2.17. The Labute approximate surface area is 112 Å². The fourth-order valence-electron chi connectivity index (χ4n) is 1.31. The van der Waals surface area contributed by atoms with Crippen LogP contribution >= 0.6 is 11.6 Å². The molecule has 0 saturated heterocycles. The van der Waals surface area contributed by atoms with Crippen LogP contribution in [-0.4, -0.2) is 16.8 Å². The van der Waals surface area contributed by atoms with Gasteiger partial charge in [0.25, 0.3) is 0 Å². The molecule has 0 fully saturated rings. The van der Waals surface area contributed by atoms with Gasteiger partial charge < -0.3 is 9.84 Å². The SMILES string of the molecule is C[C@H](O)c1ccc(NC(=O)OC(C)(C)C)c(Cl)c1. The second kappa shape index (κ2) is 5.59. The minimum atomic E-state index is -0.599. The normalized spacial score (nSPS) is 13.0. The largest absolute Gasteiger partial charge is 0.444 e. The minimum absolute atomic E-state index is 0.360. The summed E-state index contributed by atoms with van der Waals surface area (Å²) in [6, 6.07) is 4.94. The number of anilines is 1. The van der Waals surface area contributed by atoms with Crippen LogP contribution in [0.4, 0.5) is 10.5 Å². The van der Waals surface area contributed by atoms with Crippen molar-refractivity contribution in [3.63, 3.8) is 0 Å². The maximum absolute atomic E-state index is 11.6. The van der Waals surface area contributed by atoms with Crippen LogP contribution in [-0.2, 0) is 4.74 Å². The van der Waals surface area contributed by atoms with E-state index in [1.807, 2.05) is 0 Å². The van der Waals surface area contributed by atoms with Crippen LogP contribution < -0.4 is 5.32 Å². The van der Waals surface area contributed by atoms with Crippen LogP contribution in [0, 0.1) is 0 Å². The number of aliphatic hydroxyl groups is 1. The average molecular weight is 272 g/mol. The lowest BCUT2D eigenvalue weighted by atomic mass is 10.1. The van der Waals surface area contributed by atoms with Crippen molar-refractivity contribution in [2.75, 3.05) is 5.32 Å². The summed E-state index contributed by atoms with van der Waals surface area (Å²) in [7, 11) is 0. The Morgan fingerprint density at radius 3 is 2.50 bits per heavy atom. The molecule has 4 nitrogen and oxygen atoms in total. The van der Waals surface area contributed by atoms with Gasteiger partial charge in [-0.2, -0.15) is 0 Å². The number of aliphatic hydroxyl groups excluding tert-OH is 1. The fraction of sp³-hybridized carbons (Fsp3) is 0.462. The van der Waals surface area contributed by atoms with Crippen molar-refractivity contribution in [3.05, 3.63) is 28.8 Å². The Hall–Kier alpha value is -1.26. The van der Waals surface area contributed by atoms with Gasteiger partial charge in [-0.05, 0) is 45.4 Å². The first-order chi connectivity index (χ1) is 8.19. The minimum Gasteiger partial charge on any atom is -0.444 e. The number of carbonyl (C=O) groups is 1. The molecule has 0 aromatic heterocycles. The molecule has 1 atom stereocenters. The molecule has 0 bridgehead atoms. The third-order valence-electron chi connectivity index (χ3n) is 2.11. The van der Waals surface area contributed by atoms with E-state index in [2.05, 4.69) is 5.32 Å². The quantitative estimate of drug-likeness (QED) is 0.861. The zero-order valence-corrected chi connectivity index (χ0v) is 11.7. The first-order valence-corrected chi connectivity index (χ1v) is 6.04. The molecule has 1 aromatic rings. The van der Waals surface area contributed by atoms with Crippen LogP contribution in [0.3, 0.4) is 0 Å². The van der Waals surface area contributed by atoms with Crippen LogP contribution in [0.15, 0.2) is 18.2 Å². The molecular weight excluding hydrogens is 254 g/mol. The molecule has 0 spiro atoms. The Balaban J connectivity index is 2.77. The van der Waals surface area contributed by atoms with Gasteiger partial charge in [-0.25, -0.2) is 4.79 Å². The first-order valence-electron chi connectivity index (χ1n) is 5.66. The van der Waals surface area contributed by atoms with E-state index in [0.29, 0.717) is 16.3 Å². The van der Waals surface area contributed by atoms with Crippen LogP contribution in [0.1, 0.15) is 39.4 Å². The van der Waals surface area contributed by atoms with Crippen molar-refractivity contribution in [1.82, 2.24) is 0 Å². The van der Waals surface area contributed by atoms with E-state index in [1.54, 1.807) is 45.9 Å². The summed E-state index contributed by atoms with van der Waals surface area (Å²) in [6.45, 7) is 6.99. The summed E-state index contributed by atoms with van der Waals surface area (Å²) in [5.41, 5.74) is 0.584. The molecule has 0 aliphatic rings. The maximum Gasteiger partial charge on any atom is 0.412 e. The number of carbonyl (C=O) groups excluding carboxylic acids is 1. The summed E-state index contributed by atoms with van der Waals surface area (Å²) in [5, 5.41) is 12.3. The highest BCUT2D eigenvalue weighted by Crippen LogP contribution is 2.26. The number of ether oxygens (including phenoxy) is 1. The molecular formula is C13H18ClNO3. The lowest BCUT2D eigenvalue weighted by Crippen LogP contribution is -2.27. The lowest BCUT2D eigenvalue weighted by molar-refractivity contribution is 0.0636. The molecule has 1 amide bonds. The van der Waals surface area contributed by atoms with Gasteiger partial charge in [0.1, 0.15) is 5.60 Å². The molecule has 0 aliphatic carbocycles. The van der Waals surface area contributed by atoms with Gasteiger partial charge in [0.05, 0.1) is 16.8 Å². The molecule has 0 saturated carbocycles. The fourth-order valence-corrected chi connectivity index (χ4v) is 1.54.